The van der Waals surface area contributed by atoms with Gasteiger partial charge in [-0.3, -0.25) is 4.98 Å². The van der Waals surface area contributed by atoms with Gasteiger partial charge in [0.15, 0.2) is 0 Å². The molecule has 0 aliphatic carbocycles. The molecule has 0 atom stereocenters. The summed E-state index contributed by atoms with van der Waals surface area (Å²) in [6, 6.07) is 4.93. The number of methoxy groups -OCH3 is 1. The average molecular weight is 274 g/mol. The number of anilines is 1. The Bertz CT molecular complexity index is 682. The molecule has 0 amide bonds. The maximum atomic E-state index is 11.8. The second-order valence-corrected chi connectivity index (χ2v) is 4.00. The molecular formula is C14H14N2O4. The van der Waals surface area contributed by atoms with Crippen molar-refractivity contribution < 1.29 is 19.1 Å². The number of nitrogens with two attached hydrogens (primary N) is 1. The number of fused-ring (bicyclic) bond motifs is 1. The van der Waals surface area contributed by atoms with Crippen LogP contribution in [0.5, 0.6) is 0 Å². The zero-order valence-electron chi connectivity index (χ0n) is 11.2. The summed E-state index contributed by atoms with van der Waals surface area (Å²) in [5.74, 6) is -1.05. The van der Waals surface area contributed by atoms with Gasteiger partial charge in [0.05, 0.1) is 30.5 Å². The molecule has 0 spiro atoms. The van der Waals surface area contributed by atoms with Gasteiger partial charge in [-0.05, 0) is 13.0 Å². The zero-order chi connectivity index (χ0) is 14.7. The van der Waals surface area contributed by atoms with Crippen LogP contribution in [-0.4, -0.2) is 30.6 Å². The number of nitrogen functional groups attached to an aromatic ring is 1. The number of ether oxygens (including phenoxy) is 2. The lowest BCUT2D eigenvalue weighted by Crippen LogP contribution is -2.10. The summed E-state index contributed by atoms with van der Waals surface area (Å²) in [4.78, 5) is 27.5. The zero-order valence-corrected chi connectivity index (χ0v) is 11.2. The number of pyridine rings is 1. The van der Waals surface area contributed by atoms with E-state index in [1.807, 2.05) is 0 Å². The SMILES string of the molecule is CCOC(=O)c1cnc2c(C(=O)OC)cccc2c1N. The molecule has 2 N–H and O–H groups in total. The van der Waals surface area contributed by atoms with Crippen LogP contribution in [0.3, 0.4) is 0 Å². The van der Waals surface area contributed by atoms with Crippen molar-refractivity contribution in [2.45, 2.75) is 6.92 Å². The van der Waals surface area contributed by atoms with Crippen molar-refractivity contribution in [2.75, 3.05) is 19.5 Å². The first kappa shape index (κ1) is 13.8. The topological polar surface area (TPSA) is 91.5 Å². The van der Waals surface area contributed by atoms with Crippen molar-refractivity contribution in [3.8, 4) is 0 Å². The molecular weight excluding hydrogens is 260 g/mol. The van der Waals surface area contributed by atoms with Gasteiger partial charge in [-0.25, -0.2) is 9.59 Å². The van der Waals surface area contributed by atoms with E-state index in [1.54, 1.807) is 25.1 Å². The minimum absolute atomic E-state index is 0.182. The third-order valence-corrected chi connectivity index (χ3v) is 2.84. The number of rotatable bonds is 3. The van der Waals surface area contributed by atoms with Gasteiger partial charge in [0.2, 0.25) is 0 Å². The lowest BCUT2D eigenvalue weighted by Gasteiger charge is -2.09. The molecule has 20 heavy (non-hydrogen) atoms. The number of aromatic nitrogens is 1. The molecule has 6 heteroatoms. The minimum atomic E-state index is -0.539. The van der Waals surface area contributed by atoms with Crippen LogP contribution in [0.25, 0.3) is 10.9 Å². The van der Waals surface area contributed by atoms with E-state index in [1.165, 1.54) is 13.3 Å². The molecule has 0 unspecified atom stereocenters. The van der Waals surface area contributed by atoms with E-state index < -0.39 is 11.9 Å². The first-order valence-electron chi connectivity index (χ1n) is 6.02. The molecule has 0 aliphatic heterocycles. The molecule has 2 aromatic rings. The van der Waals surface area contributed by atoms with Crippen LogP contribution in [0.2, 0.25) is 0 Å². The van der Waals surface area contributed by atoms with Crippen molar-refractivity contribution in [1.82, 2.24) is 4.98 Å². The molecule has 2 rings (SSSR count). The number of hydrogen-bond acceptors (Lipinski definition) is 6. The second-order valence-electron chi connectivity index (χ2n) is 4.00. The van der Waals surface area contributed by atoms with Crippen molar-refractivity contribution in [2.24, 2.45) is 0 Å². The highest BCUT2D eigenvalue weighted by atomic mass is 16.5. The largest absolute Gasteiger partial charge is 0.465 e. The first-order valence-corrected chi connectivity index (χ1v) is 6.02. The number of nitrogens with zero attached hydrogens (tertiary/aromatic N) is 1. The van der Waals surface area contributed by atoms with Crippen molar-refractivity contribution in [3.63, 3.8) is 0 Å². The summed E-state index contributed by atoms with van der Waals surface area (Å²) in [5.41, 5.74) is 7.08. The predicted octanol–water partition coefficient (Wildman–Crippen LogP) is 1.78. The number of para-hydroxylation sites is 1. The van der Waals surface area contributed by atoms with Gasteiger partial charge in [0, 0.05) is 11.6 Å². The number of hydrogen-bond donors (Lipinski definition) is 1. The van der Waals surface area contributed by atoms with Crippen molar-refractivity contribution in [3.05, 3.63) is 35.5 Å². The summed E-state index contributed by atoms with van der Waals surface area (Å²) in [5, 5.41) is 0.512. The molecule has 0 radical (unpaired) electrons. The summed E-state index contributed by atoms with van der Waals surface area (Å²) in [6.07, 6.45) is 1.31. The molecule has 1 aromatic carbocycles. The maximum Gasteiger partial charge on any atom is 0.341 e. The highest BCUT2D eigenvalue weighted by Crippen LogP contribution is 2.26. The summed E-state index contributed by atoms with van der Waals surface area (Å²) >= 11 is 0. The molecule has 0 saturated carbocycles. The number of benzene rings is 1. The Kier molecular flexibility index (Phi) is 3.84. The number of carbonyl (C=O) groups excluding carboxylic acids is 2. The van der Waals surface area contributed by atoms with Gasteiger partial charge in [-0.15, -0.1) is 0 Å². The Labute approximate surface area is 115 Å². The van der Waals surface area contributed by atoms with Crippen LogP contribution in [0.1, 0.15) is 27.6 Å². The molecule has 0 fully saturated rings. The average Bonchev–Trinajstić information content (AvgIpc) is 2.46. The van der Waals surface area contributed by atoms with Crippen molar-refractivity contribution >= 4 is 28.5 Å². The van der Waals surface area contributed by atoms with E-state index in [0.717, 1.165) is 0 Å². The first-order chi connectivity index (χ1) is 9.60. The maximum absolute atomic E-state index is 11.8. The van der Waals surface area contributed by atoms with Crippen LogP contribution in [0, 0.1) is 0 Å². The van der Waals surface area contributed by atoms with Gasteiger partial charge in [0.25, 0.3) is 0 Å². The fraction of sp³-hybridized carbons (Fsp3) is 0.214. The predicted molar refractivity (Wildman–Crippen MR) is 73.5 cm³/mol. The summed E-state index contributed by atoms with van der Waals surface area (Å²) in [7, 11) is 1.29. The van der Waals surface area contributed by atoms with Crippen molar-refractivity contribution in [1.29, 1.82) is 0 Å². The van der Waals surface area contributed by atoms with Crippen LogP contribution in [0.4, 0.5) is 5.69 Å². The van der Waals surface area contributed by atoms with E-state index in [2.05, 4.69) is 9.72 Å². The third kappa shape index (κ3) is 2.27. The van der Waals surface area contributed by atoms with Gasteiger partial charge in [0.1, 0.15) is 5.56 Å². The number of carbonyl (C=O) groups is 2. The Balaban J connectivity index is 2.63. The van der Waals surface area contributed by atoms with Gasteiger partial charge in [-0.2, -0.15) is 0 Å². The monoisotopic (exact) mass is 274 g/mol. The quantitative estimate of drug-likeness (QED) is 0.858. The molecule has 6 nitrogen and oxygen atoms in total. The number of esters is 2. The molecule has 104 valence electrons. The Morgan fingerprint density at radius 3 is 2.65 bits per heavy atom. The normalized spacial score (nSPS) is 10.3. The lowest BCUT2D eigenvalue weighted by atomic mass is 10.1. The Hall–Kier alpha value is -2.63. The van der Waals surface area contributed by atoms with Crippen LogP contribution < -0.4 is 5.73 Å². The molecule has 1 heterocycles. The van der Waals surface area contributed by atoms with E-state index >= 15 is 0 Å². The molecule has 0 bridgehead atoms. The summed E-state index contributed by atoms with van der Waals surface area (Å²) in [6.45, 7) is 1.95. The lowest BCUT2D eigenvalue weighted by molar-refractivity contribution is 0.0526. The van der Waals surface area contributed by atoms with Crippen LogP contribution >= 0.6 is 0 Å². The Morgan fingerprint density at radius 2 is 2.00 bits per heavy atom. The third-order valence-electron chi connectivity index (χ3n) is 2.84. The van der Waals surface area contributed by atoms with E-state index in [4.69, 9.17) is 10.5 Å². The van der Waals surface area contributed by atoms with E-state index in [9.17, 15) is 9.59 Å². The fourth-order valence-electron chi connectivity index (χ4n) is 1.89. The van der Waals surface area contributed by atoms with Gasteiger partial charge in [-0.1, -0.05) is 12.1 Å². The Morgan fingerprint density at radius 1 is 1.25 bits per heavy atom. The van der Waals surface area contributed by atoms with Gasteiger partial charge < -0.3 is 15.2 Å². The van der Waals surface area contributed by atoms with E-state index in [0.29, 0.717) is 16.5 Å². The smallest absolute Gasteiger partial charge is 0.341 e. The van der Waals surface area contributed by atoms with Crippen LogP contribution in [-0.2, 0) is 9.47 Å². The fourth-order valence-corrected chi connectivity index (χ4v) is 1.89. The molecule has 0 saturated heterocycles. The van der Waals surface area contributed by atoms with Crippen LogP contribution in [0.15, 0.2) is 24.4 Å². The molecule has 0 aliphatic rings. The second kappa shape index (κ2) is 5.56. The van der Waals surface area contributed by atoms with Gasteiger partial charge >= 0.3 is 11.9 Å². The highest BCUT2D eigenvalue weighted by molar-refractivity contribution is 6.09. The standard InChI is InChI=1S/C14H14N2O4/c1-3-20-14(18)10-7-16-12-8(11(10)15)5-4-6-9(12)13(17)19-2/h4-7H,3H2,1-2H3,(H2,15,16). The summed E-state index contributed by atoms with van der Waals surface area (Å²) < 4.78 is 9.60. The molecule has 1 aromatic heterocycles. The highest BCUT2D eigenvalue weighted by Gasteiger charge is 2.18. The minimum Gasteiger partial charge on any atom is -0.465 e. The van der Waals surface area contributed by atoms with E-state index in [-0.39, 0.29) is 17.9 Å².